The molecular formula is C11H12Cl2N2O. The van der Waals surface area contributed by atoms with Gasteiger partial charge in [-0.1, -0.05) is 11.6 Å². The van der Waals surface area contributed by atoms with Gasteiger partial charge >= 0.3 is 0 Å². The van der Waals surface area contributed by atoms with Crippen molar-refractivity contribution in [3.63, 3.8) is 0 Å². The van der Waals surface area contributed by atoms with Crippen LogP contribution in [0.4, 0.5) is 0 Å². The molecule has 1 atom stereocenters. The van der Waals surface area contributed by atoms with Crippen LogP contribution in [0.1, 0.15) is 24.6 Å². The van der Waals surface area contributed by atoms with Crippen LogP contribution in [0.3, 0.4) is 0 Å². The summed E-state index contributed by atoms with van der Waals surface area (Å²) in [4.78, 5) is 4.21. The number of furan rings is 1. The van der Waals surface area contributed by atoms with Gasteiger partial charge in [-0.15, -0.1) is 12.4 Å². The topological polar surface area (TPSA) is 38.1 Å². The number of fused-ring (bicyclic) bond motifs is 1. The Labute approximate surface area is 105 Å². The van der Waals surface area contributed by atoms with E-state index in [1.54, 1.807) is 6.07 Å². The summed E-state index contributed by atoms with van der Waals surface area (Å²) in [5.41, 5.74) is 1.65. The predicted molar refractivity (Wildman–Crippen MR) is 66.2 cm³/mol. The van der Waals surface area contributed by atoms with Gasteiger partial charge in [-0.25, -0.2) is 4.98 Å². The van der Waals surface area contributed by atoms with Gasteiger partial charge in [0.2, 0.25) is 0 Å². The van der Waals surface area contributed by atoms with Gasteiger partial charge in [-0.2, -0.15) is 0 Å². The van der Waals surface area contributed by atoms with Crippen molar-refractivity contribution >= 4 is 35.1 Å². The number of rotatable bonds is 1. The average molecular weight is 259 g/mol. The fraction of sp³-hybridized carbons (Fsp3) is 0.364. The quantitative estimate of drug-likeness (QED) is 0.798. The number of nitrogens with zero attached hydrogens (tertiary/aromatic N) is 1. The van der Waals surface area contributed by atoms with Gasteiger partial charge in [0.15, 0.2) is 5.58 Å². The first-order chi connectivity index (χ1) is 7.33. The van der Waals surface area contributed by atoms with E-state index < -0.39 is 0 Å². The molecular weight excluding hydrogens is 247 g/mol. The van der Waals surface area contributed by atoms with Crippen LogP contribution in [-0.2, 0) is 0 Å². The summed E-state index contributed by atoms with van der Waals surface area (Å²) in [6.45, 7) is 1.07. The Balaban J connectivity index is 0.000000963. The molecule has 0 bridgehead atoms. The maximum atomic E-state index is 5.82. The van der Waals surface area contributed by atoms with Gasteiger partial charge in [-0.05, 0) is 31.5 Å². The summed E-state index contributed by atoms with van der Waals surface area (Å²) in [5.74, 6) is 0.970. The molecule has 86 valence electrons. The summed E-state index contributed by atoms with van der Waals surface area (Å²) >= 11 is 5.82. The molecule has 1 N–H and O–H groups in total. The summed E-state index contributed by atoms with van der Waals surface area (Å²) in [6, 6.07) is 5.94. The van der Waals surface area contributed by atoms with Gasteiger partial charge in [0.25, 0.3) is 0 Å². The van der Waals surface area contributed by atoms with Crippen molar-refractivity contribution in [2.75, 3.05) is 6.54 Å². The Bertz CT molecular complexity index is 492. The minimum Gasteiger partial charge on any atom is -0.458 e. The maximum Gasteiger partial charge on any atom is 0.152 e. The molecule has 1 fully saturated rings. The highest BCUT2D eigenvalue weighted by molar-refractivity contribution is 6.29. The first-order valence-corrected chi connectivity index (χ1v) is 5.50. The summed E-state index contributed by atoms with van der Waals surface area (Å²) in [6.07, 6.45) is 2.34. The SMILES string of the molecule is Cl.Clc1ccc2oc([C@@H]3CCCN3)cc2n1. The molecule has 3 nitrogen and oxygen atoms in total. The molecule has 0 unspecified atom stereocenters. The molecule has 16 heavy (non-hydrogen) atoms. The van der Waals surface area contributed by atoms with Crippen molar-refractivity contribution < 1.29 is 4.42 Å². The van der Waals surface area contributed by atoms with E-state index in [2.05, 4.69) is 10.3 Å². The van der Waals surface area contributed by atoms with Crippen molar-refractivity contribution in [2.45, 2.75) is 18.9 Å². The van der Waals surface area contributed by atoms with Crippen molar-refractivity contribution in [1.82, 2.24) is 10.3 Å². The van der Waals surface area contributed by atoms with Crippen LogP contribution in [0.25, 0.3) is 11.1 Å². The van der Waals surface area contributed by atoms with Crippen molar-refractivity contribution in [1.29, 1.82) is 0 Å². The largest absolute Gasteiger partial charge is 0.458 e. The fourth-order valence-corrected chi connectivity index (χ4v) is 2.17. The van der Waals surface area contributed by atoms with E-state index >= 15 is 0 Å². The van der Waals surface area contributed by atoms with Crippen molar-refractivity contribution in [3.8, 4) is 0 Å². The summed E-state index contributed by atoms with van der Waals surface area (Å²) < 4.78 is 5.72. The first-order valence-electron chi connectivity index (χ1n) is 5.12. The summed E-state index contributed by atoms with van der Waals surface area (Å²) in [7, 11) is 0. The van der Waals surface area contributed by atoms with E-state index in [1.165, 1.54) is 6.42 Å². The summed E-state index contributed by atoms with van der Waals surface area (Å²) in [5, 5.41) is 3.90. The Morgan fingerprint density at radius 2 is 2.31 bits per heavy atom. The third-order valence-corrected chi connectivity index (χ3v) is 2.97. The zero-order chi connectivity index (χ0) is 10.3. The predicted octanol–water partition coefficient (Wildman–Crippen LogP) is 3.33. The van der Waals surface area contributed by atoms with Crippen molar-refractivity contribution in [3.05, 3.63) is 29.1 Å². The highest BCUT2D eigenvalue weighted by Gasteiger charge is 2.20. The molecule has 1 saturated heterocycles. The molecule has 1 aliphatic heterocycles. The van der Waals surface area contributed by atoms with Crippen LogP contribution in [0, 0.1) is 0 Å². The Morgan fingerprint density at radius 3 is 3.06 bits per heavy atom. The normalized spacial score (nSPS) is 19.9. The second kappa shape index (κ2) is 4.62. The van der Waals surface area contributed by atoms with E-state index in [4.69, 9.17) is 16.0 Å². The van der Waals surface area contributed by atoms with E-state index in [-0.39, 0.29) is 12.4 Å². The molecule has 0 spiro atoms. The van der Waals surface area contributed by atoms with Crippen LogP contribution in [0.15, 0.2) is 22.6 Å². The zero-order valence-corrected chi connectivity index (χ0v) is 10.1. The lowest BCUT2D eigenvalue weighted by molar-refractivity contribution is 0.471. The van der Waals surface area contributed by atoms with Crippen molar-refractivity contribution in [2.24, 2.45) is 0 Å². The van der Waals surface area contributed by atoms with E-state index in [1.807, 2.05) is 12.1 Å². The first kappa shape index (κ1) is 11.7. The average Bonchev–Trinajstić information content (AvgIpc) is 2.84. The minimum absolute atomic E-state index is 0. The third kappa shape index (κ3) is 2.03. The molecule has 2 aromatic rings. The monoisotopic (exact) mass is 258 g/mol. The van der Waals surface area contributed by atoms with Gasteiger partial charge in [0.05, 0.1) is 6.04 Å². The molecule has 0 saturated carbocycles. The van der Waals surface area contributed by atoms with Crippen LogP contribution in [0.2, 0.25) is 5.15 Å². The van der Waals surface area contributed by atoms with Crippen LogP contribution < -0.4 is 5.32 Å². The number of hydrogen-bond donors (Lipinski definition) is 1. The molecule has 3 heterocycles. The number of pyridine rings is 1. The number of aromatic nitrogens is 1. The molecule has 3 rings (SSSR count). The van der Waals surface area contributed by atoms with Gasteiger partial charge < -0.3 is 9.73 Å². The lowest BCUT2D eigenvalue weighted by Crippen LogP contribution is -2.11. The smallest absolute Gasteiger partial charge is 0.152 e. The second-order valence-corrected chi connectivity index (χ2v) is 4.20. The molecule has 0 aromatic carbocycles. The molecule has 0 amide bonds. The highest BCUT2D eigenvalue weighted by Crippen LogP contribution is 2.28. The molecule has 0 radical (unpaired) electrons. The minimum atomic E-state index is 0. The standard InChI is InChI=1S/C11H11ClN2O.ClH/c12-11-4-3-9-8(14-11)6-10(15-9)7-2-1-5-13-7;/h3-4,6-7,13H,1-2,5H2;1H/t7-;/m0./s1. The van der Waals surface area contributed by atoms with Crippen LogP contribution in [-0.4, -0.2) is 11.5 Å². The molecule has 2 aromatic heterocycles. The molecule has 5 heteroatoms. The lowest BCUT2D eigenvalue weighted by atomic mass is 10.2. The fourth-order valence-electron chi connectivity index (χ4n) is 2.02. The van der Waals surface area contributed by atoms with Gasteiger partial charge in [0.1, 0.15) is 16.4 Å². The van der Waals surface area contributed by atoms with Gasteiger partial charge in [0, 0.05) is 6.07 Å². The number of hydrogen-bond acceptors (Lipinski definition) is 3. The van der Waals surface area contributed by atoms with Crippen LogP contribution in [0.5, 0.6) is 0 Å². The second-order valence-electron chi connectivity index (χ2n) is 3.82. The Morgan fingerprint density at radius 1 is 1.44 bits per heavy atom. The number of halogens is 2. The van der Waals surface area contributed by atoms with E-state index in [0.29, 0.717) is 11.2 Å². The Kier molecular flexibility index (Phi) is 3.38. The molecule has 0 aliphatic carbocycles. The van der Waals surface area contributed by atoms with E-state index in [9.17, 15) is 0 Å². The Hall–Kier alpha value is -0.770. The zero-order valence-electron chi connectivity index (χ0n) is 8.57. The highest BCUT2D eigenvalue weighted by atomic mass is 35.5. The van der Waals surface area contributed by atoms with E-state index in [0.717, 1.165) is 29.8 Å². The lowest BCUT2D eigenvalue weighted by Gasteiger charge is -2.04. The third-order valence-electron chi connectivity index (χ3n) is 2.76. The van der Waals surface area contributed by atoms with Crippen LogP contribution >= 0.6 is 24.0 Å². The maximum absolute atomic E-state index is 5.82. The van der Waals surface area contributed by atoms with Gasteiger partial charge in [-0.3, -0.25) is 0 Å². The molecule has 1 aliphatic rings. The number of nitrogens with one attached hydrogen (secondary N) is 1.